The Morgan fingerprint density at radius 1 is 1.20 bits per heavy atom. The van der Waals surface area contributed by atoms with Crippen LogP contribution in [-0.4, -0.2) is 0 Å². The van der Waals surface area contributed by atoms with Crippen LogP contribution in [0.1, 0.15) is 56.6 Å². The van der Waals surface area contributed by atoms with E-state index in [4.69, 9.17) is 0 Å². The zero-order valence-electron chi connectivity index (χ0n) is 9.59. The number of hydrogen-bond acceptors (Lipinski definition) is 0. The molecule has 1 aromatic rings. The summed E-state index contributed by atoms with van der Waals surface area (Å²) in [5, 5.41) is 0. The smallest absolute Gasteiger partial charge is 0.136 e. The van der Waals surface area contributed by atoms with Crippen LogP contribution in [0.5, 0.6) is 0 Å². The third-order valence-corrected chi connectivity index (χ3v) is 3.47. The van der Waals surface area contributed by atoms with E-state index in [1.165, 1.54) is 5.56 Å². The Bertz CT molecular complexity index is 335. The fourth-order valence-corrected chi connectivity index (χ4v) is 2.40. The molecule has 0 spiro atoms. The van der Waals surface area contributed by atoms with E-state index in [1.54, 1.807) is 0 Å². The summed E-state index contributed by atoms with van der Waals surface area (Å²) in [7, 11) is 0. The SMILES string of the molecule is CC(C)c1cccc(C2(F)CCCC2)c1. The summed E-state index contributed by atoms with van der Waals surface area (Å²) in [6.07, 6.45) is 3.47. The molecule has 1 aliphatic rings. The highest BCUT2D eigenvalue weighted by Crippen LogP contribution is 2.42. The van der Waals surface area contributed by atoms with Crippen molar-refractivity contribution in [1.82, 2.24) is 0 Å². The number of rotatable bonds is 2. The Balaban J connectivity index is 2.31. The van der Waals surface area contributed by atoms with Crippen LogP contribution >= 0.6 is 0 Å². The second kappa shape index (κ2) is 3.96. The predicted molar refractivity (Wildman–Crippen MR) is 61.8 cm³/mol. The Morgan fingerprint density at radius 2 is 1.87 bits per heavy atom. The summed E-state index contributed by atoms with van der Waals surface area (Å²) in [5.74, 6) is 0.481. The normalized spacial score (nSPS) is 19.7. The minimum atomic E-state index is -1.04. The first-order valence-electron chi connectivity index (χ1n) is 5.91. The van der Waals surface area contributed by atoms with Gasteiger partial charge in [-0.05, 0) is 42.7 Å². The first kappa shape index (κ1) is 10.7. The van der Waals surface area contributed by atoms with Gasteiger partial charge in [-0.3, -0.25) is 0 Å². The van der Waals surface area contributed by atoms with Crippen molar-refractivity contribution < 1.29 is 4.39 Å². The molecule has 1 aromatic carbocycles. The summed E-state index contributed by atoms with van der Waals surface area (Å²) in [6, 6.07) is 8.07. The molecule has 0 unspecified atom stereocenters. The highest BCUT2D eigenvalue weighted by Gasteiger charge is 2.35. The quantitative estimate of drug-likeness (QED) is 0.666. The number of alkyl halides is 1. The van der Waals surface area contributed by atoms with Crippen molar-refractivity contribution in [2.45, 2.75) is 51.1 Å². The highest BCUT2D eigenvalue weighted by atomic mass is 19.1. The van der Waals surface area contributed by atoms with Crippen LogP contribution in [0.25, 0.3) is 0 Å². The van der Waals surface area contributed by atoms with Gasteiger partial charge in [0, 0.05) is 0 Å². The van der Waals surface area contributed by atoms with Gasteiger partial charge in [-0.25, -0.2) is 4.39 Å². The summed E-state index contributed by atoms with van der Waals surface area (Å²) < 4.78 is 14.5. The summed E-state index contributed by atoms with van der Waals surface area (Å²) in [5.41, 5.74) is 1.10. The molecular formula is C14H19F. The molecule has 1 saturated carbocycles. The van der Waals surface area contributed by atoms with Gasteiger partial charge in [0.05, 0.1) is 0 Å². The van der Waals surface area contributed by atoms with Gasteiger partial charge in [-0.15, -0.1) is 0 Å². The van der Waals surface area contributed by atoms with E-state index in [9.17, 15) is 4.39 Å². The van der Waals surface area contributed by atoms with Crippen LogP contribution in [0.15, 0.2) is 24.3 Å². The minimum Gasteiger partial charge on any atom is -0.239 e. The highest BCUT2D eigenvalue weighted by molar-refractivity contribution is 5.30. The Morgan fingerprint density at radius 3 is 2.47 bits per heavy atom. The van der Waals surface area contributed by atoms with Crippen molar-refractivity contribution in [3.63, 3.8) is 0 Å². The first-order chi connectivity index (χ1) is 7.12. The van der Waals surface area contributed by atoms with Crippen molar-refractivity contribution in [3.05, 3.63) is 35.4 Å². The molecule has 0 atom stereocenters. The van der Waals surface area contributed by atoms with Crippen LogP contribution in [-0.2, 0) is 5.67 Å². The second-order valence-corrected chi connectivity index (χ2v) is 4.95. The molecule has 1 heteroatoms. The van der Waals surface area contributed by atoms with E-state index in [-0.39, 0.29) is 0 Å². The molecule has 0 heterocycles. The minimum absolute atomic E-state index is 0.481. The van der Waals surface area contributed by atoms with Crippen LogP contribution < -0.4 is 0 Å². The van der Waals surface area contributed by atoms with E-state index in [2.05, 4.69) is 26.0 Å². The van der Waals surface area contributed by atoms with Crippen LogP contribution in [0.3, 0.4) is 0 Å². The molecule has 0 nitrogen and oxygen atoms in total. The van der Waals surface area contributed by atoms with Crippen molar-refractivity contribution in [2.75, 3.05) is 0 Å². The Kier molecular flexibility index (Phi) is 2.81. The number of halogens is 1. The standard InChI is InChI=1S/C14H19F/c1-11(2)12-6-5-7-13(10-12)14(15)8-3-4-9-14/h5-7,10-11H,3-4,8-9H2,1-2H3. The van der Waals surface area contributed by atoms with Crippen molar-refractivity contribution in [1.29, 1.82) is 0 Å². The average molecular weight is 206 g/mol. The van der Waals surface area contributed by atoms with Gasteiger partial charge < -0.3 is 0 Å². The molecule has 0 aliphatic heterocycles. The summed E-state index contributed by atoms with van der Waals surface area (Å²) in [4.78, 5) is 0. The van der Waals surface area contributed by atoms with E-state index in [0.717, 1.165) is 18.4 Å². The third-order valence-electron chi connectivity index (χ3n) is 3.47. The second-order valence-electron chi connectivity index (χ2n) is 4.95. The molecule has 1 aliphatic carbocycles. The molecule has 0 saturated heterocycles. The summed E-state index contributed by atoms with van der Waals surface area (Å²) >= 11 is 0. The predicted octanol–water partition coefficient (Wildman–Crippen LogP) is 4.55. The van der Waals surface area contributed by atoms with Gasteiger partial charge in [0.15, 0.2) is 0 Å². The zero-order chi connectivity index (χ0) is 10.9. The lowest BCUT2D eigenvalue weighted by molar-refractivity contribution is 0.174. The van der Waals surface area contributed by atoms with Gasteiger partial charge in [0.25, 0.3) is 0 Å². The number of hydrogen-bond donors (Lipinski definition) is 0. The molecule has 0 N–H and O–H groups in total. The fraction of sp³-hybridized carbons (Fsp3) is 0.571. The van der Waals surface area contributed by atoms with E-state index >= 15 is 0 Å². The van der Waals surface area contributed by atoms with Crippen molar-refractivity contribution in [2.24, 2.45) is 0 Å². The summed E-state index contributed by atoms with van der Waals surface area (Å²) in [6.45, 7) is 4.30. The lowest BCUT2D eigenvalue weighted by Gasteiger charge is -2.20. The van der Waals surface area contributed by atoms with Gasteiger partial charge in [0.2, 0.25) is 0 Å². The van der Waals surface area contributed by atoms with Crippen LogP contribution in [0.2, 0.25) is 0 Å². The molecule has 0 radical (unpaired) electrons. The molecule has 0 amide bonds. The van der Waals surface area contributed by atoms with Gasteiger partial charge in [0.1, 0.15) is 5.67 Å². The molecular weight excluding hydrogens is 187 g/mol. The Hall–Kier alpha value is -0.850. The molecule has 15 heavy (non-hydrogen) atoms. The van der Waals surface area contributed by atoms with E-state index in [0.29, 0.717) is 18.8 Å². The molecule has 2 rings (SSSR count). The van der Waals surface area contributed by atoms with Gasteiger partial charge >= 0.3 is 0 Å². The van der Waals surface area contributed by atoms with E-state index < -0.39 is 5.67 Å². The number of benzene rings is 1. The lowest BCUT2D eigenvalue weighted by Crippen LogP contribution is -2.14. The molecule has 0 aromatic heterocycles. The van der Waals surface area contributed by atoms with Crippen LogP contribution in [0.4, 0.5) is 4.39 Å². The Labute approximate surface area is 91.5 Å². The average Bonchev–Trinajstić information content (AvgIpc) is 2.67. The van der Waals surface area contributed by atoms with Gasteiger partial charge in [-0.2, -0.15) is 0 Å². The topological polar surface area (TPSA) is 0 Å². The monoisotopic (exact) mass is 206 g/mol. The maximum Gasteiger partial charge on any atom is 0.136 e. The largest absolute Gasteiger partial charge is 0.239 e. The zero-order valence-corrected chi connectivity index (χ0v) is 9.59. The third kappa shape index (κ3) is 2.06. The fourth-order valence-electron chi connectivity index (χ4n) is 2.40. The van der Waals surface area contributed by atoms with Crippen molar-refractivity contribution >= 4 is 0 Å². The lowest BCUT2D eigenvalue weighted by atomic mass is 9.90. The van der Waals surface area contributed by atoms with E-state index in [1.807, 2.05) is 12.1 Å². The maximum absolute atomic E-state index is 14.5. The molecule has 0 bridgehead atoms. The van der Waals surface area contributed by atoms with Crippen LogP contribution in [0, 0.1) is 0 Å². The van der Waals surface area contributed by atoms with Gasteiger partial charge in [-0.1, -0.05) is 38.1 Å². The van der Waals surface area contributed by atoms with Crippen molar-refractivity contribution in [3.8, 4) is 0 Å². The molecule has 82 valence electrons. The molecule has 1 fully saturated rings. The first-order valence-corrected chi connectivity index (χ1v) is 5.91. The maximum atomic E-state index is 14.5.